The smallest absolute Gasteiger partial charge is 0.267 e. The maximum absolute atomic E-state index is 13.1. The van der Waals surface area contributed by atoms with Gasteiger partial charge in [0, 0.05) is 10.0 Å². The molecule has 2 amide bonds. The lowest BCUT2D eigenvalue weighted by molar-refractivity contribution is 0.0846. The molecule has 2 rings (SSSR count). The largest absolute Gasteiger partial charge is 0.270 e. The van der Waals surface area contributed by atoms with Crippen LogP contribution < -0.4 is 10.9 Å². The number of benzene rings is 2. The monoisotopic (exact) mass is 354 g/mol. The van der Waals surface area contributed by atoms with Gasteiger partial charge in [-0.3, -0.25) is 20.4 Å². The molecule has 0 radical (unpaired) electrons. The Morgan fingerprint density at radius 3 is 2.10 bits per heavy atom. The summed E-state index contributed by atoms with van der Waals surface area (Å²) >= 11 is 3.11. The Balaban J connectivity index is 2.02. The second kappa shape index (κ2) is 6.45. The zero-order chi connectivity index (χ0) is 15.4. The summed E-state index contributed by atoms with van der Waals surface area (Å²) in [4.78, 5) is 23.5. The number of halogens is 3. The van der Waals surface area contributed by atoms with E-state index in [1.54, 1.807) is 0 Å². The Morgan fingerprint density at radius 1 is 0.857 bits per heavy atom. The van der Waals surface area contributed by atoms with Crippen LogP contribution >= 0.6 is 15.9 Å². The van der Waals surface area contributed by atoms with Crippen molar-refractivity contribution >= 4 is 27.7 Å². The summed E-state index contributed by atoms with van der Waals surface area (Å²) in [5.41, 5.74) is 4.52. The second-order valence-electron chi connectivity index (χ2n) is 4.04. The molecule has 0 aliphatic rings. The number of hydrazine groups is 1. The van der Waals surface area contributed by atoms with Gasteiger partial charge in [0.05, 0.1) is 5.56 Å². The summed E-state index contributed by atoms with van der Waals surface area (Å²) in [5.74, 6) is -2.35. The van der Waals surface area contributed by atoms with E-state index in [-0.39, 0.29) is 11.1 Å². The third-order valence-corrected chi connectivity index (χ3v) is 3.26. The fraction of sp³-hybridized carbons (Fsp3) is 0. The molecule has 0 saturated heterocycles. The molecule has 0 aromatic heterocycles. The molecular weight excluding hydrogens is 346 g/mol. The van der Waals surface area contributed by atoms with Crippen LogP contribution in [0.5, 0.6) is 0 Å². The van der Waals surface area contributed by atoms with Gasteiger partial charge >= 0.3 is 0 Å². The maximum atomic E-state index is 13.1. The molecule has 21 heavy (non-hydrogen) atoms. The molecule has 0 aliphatic carbocycles. The van der Waals surface area contributed by atoms with Crippen molar-refractivity contribution in [3.8, 4) is 0 Å². The first-order valence-corrected chi connectivity index (χ1v) is 6.58. The van der Waals surface area contributed by atoms with Gasteiger partial charge in [0.2, 0.25) is 0 Å². The Bertz CT molecular complexity index is 690. The standard InChI is InChI=1S/C14H9BrF2N2O2/c15-12-6-5-10(17)7-11(12)14(21)19-18-13(20)8-1-3-9(16)4-2-8/h1-7H,(H,18,20)(H,19,21). The molecule has 0 atom stereocenters. The van der Waals surface area contributed by atoms with Crippen LogP contribution in [0.3, 0.4) is 0 Å². The SMILES string of the molecule is O=C(NNC(=O)c1cc(F)ccc1Br)c1ccc(F)cc1. The number of rotatable bonds is 2. The normalized spacial score (nSPS) is 10.0. The fourth-order valence-corrected chi connectivity index (χ4v) is 1.95. The van der Waals surface area contributed by atoms with Gasteiger partial charge < -0.3 is 0 Å². The minimum Gasteiger partial charge on any atom is -0.267 e. The predicted molar refractivity (Wildman–Crippen MR) is 75.4 cm³/mol. The van der Waals surface area contributed by atoms with Crippen LogP contribution in [0.15, 0.2) is 46.9 Å². The molecule has 0 fully saturated rings. The van der Waals surface area contributed by atoms with Crippen LogP contribution in [0.25, 0.3) is 0 Å². The van der Waals surface area contributed by atoms with Crippen LogP contribution in [0.1, 0.15) is 20.7 Å². The predicted octanol–water partition coefficient (Wildman–Crippen LogP) is 2.80. The van der Waals surface area contributed by atoms with E-state index < -0.39 is 23.4 Å². The average Bonchev–Trinajstić information content (AvgIpc) is 2.47. The van der Waals surface area contributed by atoms with Crippen LogP contribution in [0, 0.1) is 11.6 Å². The van der Waals surface area contributed by atoms with E-state index in [1.807, 2.05) is 0 Å². The number of carbonyl (C=O) groups is 2. The number of amides is 2. The summed E-state index contributed by atoms with van der Waals surface area (Å²) in [5, 5.41) is 0. The summed E-state index contributed by atoms with van der Waals surface area (Å²) in [6.07, 6.45) is 0. The van der Waals surface area contributed by atoms with Crippen LogP contribution in [0.4, 0.5) is 8.78 Å². The van der Waals surface area contributed by atoms with E-state index in [2.05, 4.69) is 26.8 Å². The number of hydrogen-bond donors (Lipinski definition) is 2. The highest BCUT2D eigenvalue weighted by Gasteiger charge is 2.12. The molecule has 0 heterocycles. The van der Waals surface area contributed by atoms with E-state index in [9.17, 15) is 18.4 Å². The lowest BCUT2D eigenvalue weighted by atomic mass is 10.2. The third-order valence-electron chi connectivity index (χ3n) is 2.57. The number of nitrogens with one attached hydrogen (secondary N) is 2. The first kappa shape index (κ1) is 15.1. The highest BCUT2D eigenvalue weighted by Crippen LogP contribution is 2.17. The summed E-state index contributed by atoms with van der Waals surface area (Å²) in [7, 11) is 0. The molecule has 0 saturated carbocycles. The highest BCUT2D eigenvalue weighted by molar-refractivity contribution is 9.10. The lowest BCUT2D eigenvalue weighted by Crippen LogP contribution is -2.41. The average molecular weight is 355 g/mol. The van der Waals surface area contributed by atoms with Gasteiger partial charge in [0.25, 0.3) is 11.8 Å². The molecule has 0 spiro atoms. The van der Waals surface area contributed by atoms with Crippen LogP contribution in [-0.2, 0) is 0 Å². The van der Waals surface area contributed by atoms with Gasteiger partial charge in [-0.15, -0.1) is 0 Å². The molecule has 2 aromatic carbocycles. The molecule has 2 N–H and O–H groups in total. The molecule has 0 aliphatic heterocycles. The van der Waals surface area contributed by atoms with Crippen molar-refractivity contribution in [1.82, 2.24) is 10.9 Å². The van der Waals surface area contributed by atoms with Crippen molar-refractivity contribution in [2.45, 2.75) is 0 Å². The summed E-state index contributed by atoms with van der Waals surface area (Å²) < 4.78 is 26.2. The van der Waals surface area contributed by atoms with Crippen LogP contribution in [-0.4, -0.2) is 11.8 Å². The molecule has 108 valence electrons. The Hall–Kier alpha value is -2.28. The van der Waals surface area contributed by atoms with E-state index in [0.29, 0.717) is 4.47 Å². The Labute approximate surface area is 127 Å². The maximum Gasteiger partial charge on any atom is 0.270 e. The minimum atomic E-state index is -0.683. The van der Waals surface area contributed by atoms with E-state index in [1.165, 1.54) is 24.3 Å². The topological polar surface area (TPSA) is 58.2 Å². The van der Waals surface area contributed by atoms with E-state index in [4.69, 9.17) is 0 Å². The Morgan fingerprint density at radius 2 is 1.43 bits per heavy atom. The fourth-order valence-electron chi connectivity index (χ4n) is 1.53. The van der Waals surface area contributed by atoms with Gasteiger partial charge in [0.15, 0.2) is 0 Å². The van der Waals surface area contributed by atoms with Gasteiger partial charge in [-0.1, -0.05) is 0 Å². The quantitative estimate of drug-likeness (QED) is 0.814. The van der Waals surface area contributed by atoms with Gasteiger partial charge in [-0.05, 0) is 58.4 Å². The third kappa shape index (κ3) is 3.85. The van der Waals surface area contributed by atoms with Crippen molar-refractivity contribution < 1.29 is 18.4 Å². The first-order valence-electron chi connectivity index (χ1n) is 5.78. The summed E-state index contributed by atoms with van der Waals surface area (Å²) in [6, 6.07) is 8.40. The minimum absolute atomic E-state index is 0.0365. The molecule has 0 unspecified atom stereocenters. The Kier molecular flexibility index (Phi) is 4.64. The van der Waals surface area contributed by atoms with E-state index in [0.717, 1.165) is 18.2 Å². The van der Waals surface area contributed by atoms with Crippen molar-refractivity contribution in [3.63, 3.8) is 0 Å². The molecular formula is C14H9BrF2N2O2. The van der Waals surface area contributed by atoms with Gasteiger partial charge in [-0.2, -0.15) is 0 Å². The van der Waals surface area contributed by atoms with Crippen LogP contribution in [0.2, 0.25) is 0 Å². The zero-order valence-electron chi connectivity index (χ0n) is 10.5. The van der Waals surface area contributed by atoms with Gasteiger partial charge in [-0.25, -0.2) is 8.78 Å². The summed E-state index contributed by atoms with van der Waals surface area (Å²) in [6.45, 7) is 0. The second-order valence-corrected chi connectivity index (χ2v) is 4.89. The van der Waals surface area contributed by atoms with Crippen molar-refractivity contribution in [3.05, 3.63) is 69.7 Å². The molecule has 2 aromatic rings. The van der Waals surface area contributed by atoms with Crippen molar-refractivity contribution in [2.75, 3.05) is 0 Å². The molecule has 4 nitrogen and oxygen atoms in total. The van der Waals surface area contributed by atoms with Crippen molar-refractivity contribution in [2.24, 2.45) is 0 Å². The van der Waals surface area contributed by atoms with Crippen molar-refractivity contribution in [1.29, 1.82) is 0 Å². The van der Waals surface area contributed by atoms with Gasteiger partial charge in [0.1, 0.15) is 11.6 Å². The molecule has 0 bridgehead atoms. The number of carbonyl (C=O) groups excluding carboxylic acids is 2. The lowest BCUT2D eigenvalue weighted by Gasteiger charge is -2.08. The first-order chi connectivity index (χ1) is 9.97. The zero-order valence-corrected chi connectivity index (χ0v) is 12.1. The highest BCUT2D eigenvalue weighted by atomic mass is 79.9. The van der Waals surface area contributed by atoms with E-state index >= 15 is 0 Å². The number of hydrogen-bond acceptors (Lipinski definition) is 2. The molecule has 7 heteroatoms.